The third-order valence-electron chi connectivity index (χ3n) is 2.93. The minimum Gasteiger partial charge on any atom is -0.395 e. The van der Waals surface area contributed by atoms with E-state index in [1.165, 1.54) is 0 Å². The molecule has 0 unspecified atom stereocenters. The number of rotatable bonds is 6. The number of benzene rings is 2. The SMILES string of the molecule is O=C(CN(CCO)c1ccccc1)Nc1cccc(Cl)c1. The van der Waals surface area contributed by atoms with Crippen molar-refractivity contribution < 1.29 is 9.90 Å². The number of halogens is 1. The first kappa shape index (κ1) is 15.4. The average Bonchev–Trinajstić information content (AvgIpc) is 2.47. The van der Waals surface area contributed by atoms with Gasteiger partial charge in [-0.05, 0) is 30.3 Å². The summed E-state index contributed by atoms with van der Waals surface area (Å²) in [5.41, 5.74) is 1.55. The molecule has 0 aliphatic heterocycles. The Morgan fingerprint density at radius 2 is 1.90 bits per heavy atom. The lowest BCUT2D eigenvalue weighted by Gasteiger charge is -2.23. The Balaban J connectivity index is 2.02. The number of nitrogens with one attached hydrogen (secondary N) is 1. The lowest BCUT2D eigenvalue weighted by atomic mass is 10.2. The van der Waals surface area contributed by atoms with Gasteiger partial charge in [0, 0.05) is 22.9 Å². The molecule has 2 rings (SSSR count). The molecule has 0 aliphatic rings. The zero-order valence-corrected chi connectivity index (χ0v) is 12.3. The number of carbonyl (C=O) groups excluding carboxylic acids is 1. The third kappa shape index (κ3) is 4.77. The van der Waals surface area contributed by atoms with E-state index in [2.05, 4.69) is 5.32 Å². The fraction of sp³-hybridized carbons (Fsp3) is 0.188. The van der Waals surface area contributed by atoms with E-state index in [0.717, 1.165) is 5.69 Å². The van der Waals surface area contributed by atoms with Gasteiger partial charge in [-0.25, -0.2) is 0 Å². The Labute approximate surface area is 129 Å². The second kappa shape index (κ2) is 7.67. The molecule has 2 N–H and O–H groups in total. The summed E-state index contributed by atoms with van der Waals surface area (Å²) in [4.78, 5) is 13.9. The fourth-order valence-electron chi connectivity index (χ4n) is 2.00. The van der Waals surface area contributed by atoms with Gasteiger partial charge < -0.3 is 15.3 Å². The molecule has 0 saturated carbocycles. The molecule has 0 aromatic heterocycles. The van der Waals surface area contributed by atoms with Crippen LogP contribution in [0, 0.1) is 0 Å². The molecule has 0 radical (unpaired) electrons. The first-order chi connectivity index (χ1) is 10.2. The van der Waals surface area contributed by atoms with Crippen LogP contribution in [-0.4, -0.2) is 30.7 Å². The van der Waals surface area contributed by atoms with Crippen molar-refractivity contribution in [3.8, 4) is 0 Å². The Hall–Kier alpha value is -2.04. The molecule has 0 fully saturated rings. The smallest absolute Gasteiger partial charge is 0.243 e. The number of para-hydroxylation sites is 1. The summed E-state index contributed by atoms with van der Waals surface area (Å²) in [7, 11) is 0. The van der Waals surface area contributed by atoms with Crippen molar-refractivity contribution in [1.29, 1.82) is 0 Å². The van der Waals surface area contributed by atoms with Gasteiger partial charge in [0.1, 0.15) is 0 Å². The van der Waals surface area contributed by atoms with Crippen LogP contribution in [0.25, 0.3) is 0 Å². The molecule has 0 heterocycles. The van der Waals surface area contributed by atoms with Crippen LogP contribution in [0.1, 0.15) is 0 Å². The number of aliphatic hydroxyl groups is 1. The van der Waals surface area contributed by atoms with Crippen molar-refractivity contribution in [2.75, 3.05) is 29.9 Å². The summed E-state index contributed by atoms with van der Waals surface area (Å²) in [5, 5.41) is 12.5. The Kier molecular flexibility index (Phi) is 5.60. The van der Waals surface area contributed by atoms with Crippen molar-refractivity contribution in [3.63, 3.8) is 0 Å². The molecule has 1 amide bonds. The summed E-state index contributed by atoms with van der Waals surface area (Å²) in [6, 6.07) is 16.5. The van der Waals surface area contributed by atoms with E-state index < -0.39 is 0 Å². The van der Waals surface area contributed by atoms with Gasteiger partial charge in [0.15, 0.2) is 0 Å². The topological polar surface area (TPSA) is 52.6 Å². The van der Waals surface area contributed by atoms with Gasteiger partial charge in [-0.3, -0.25) is 4.79 Å². The summed E-state index contributed by atoms with van der Waals surface area (Å²) in [6.45, 7) is 0.545. The Bertz CT molecular complexity index is 590. The molecule has 5 heteroatoms. The minimum atomic E-state index is -0.158. The maximum atomic E-state index is 12.1. The molecular weight excluding hydrogens is 288 g/mol. The summed E-state index contributed by atoms with van der Waals surface area (Å²) in [5.74, 6) is -0.158. The predicted molar refractivity (Wildman–Crippen MR) is 85.8 cm³/mol. The highest BCUT2D eigenvalue weighted by atomic mass is 35.5. The van der Waals surface area contributed by atoms with Gasteiger partial charge in [0.05, 0.1) is 13.2 Å². The first-order valence-electron chi connectivity index (χ1n) is 6.65. The van der Waals surface area contributed by atoms with E-state index >= 15 is 0 Å². The summed E-state index contributed by atoms with van der Waals surface area (Å²) < 4.78 is 0. The normalized spacial score (nSPS) is 10.2. The fourth-order valence-corrected chi connectivity index (χ4v) is 2.19. The van der Waals surface area contributed by atoms with Crippen molar-refractivity contribution >= 4 is 28.9 Å². The molecule has 2 aromatic carbocycles. The molecule has 2 aromatic rings. The Morgan fingerprint density at radius 3 is 2.57 bits per heavy atom. The molecule has 0 bridgehead atoms. The van der Waals surface area contributed by atoms with Crippen molar-refractivity contribution in [2.45, 2.75) is 0 Å². The monoisotopic (exact) mass is 304 g/mol. The van der Waals surface area contributed by atoms with E-state index in [-0.39, 0.29) is 19.1 Å². The van der Waals surface area contributed by atoms with Crippen molar-refractivity contribution in [1.82, 2.24) is 0 Å². The van der Waals surface area contributed by atoms with Crippen LogP contribution in [0.15, 0.2) is 54.6 Å². The van der Waals surface area contributed by atoms with Crippen LogP contribution in [0.3, 0.4) is 0 Å². The highest BCUT2D eigenvalue weighted by Gasteiger charge is 2.11. The van der Waals surface area contributed by atoms with Crippen LogP contribution in [0.4, 0.5) is 11.4 Å². The van der Waals surface area contributed by atoms with Crippen LogP contribution >= 0.6 is 11.6 Å². The van der Waals surface area contributed by atoms with Gasteiger partial charge in [-0.2, -0.15) is 0 Å². The van der Waals surface area contributed by atoms with Crippen LogP contribution in [0.5, 0.6) is 0 Å². The highest BCUT2D eigenvalue weighted by Crippen LogP contribution is 2.16. The largest absolute Gasteiger partial charge is 0.395 e. The molecular formula is C16H17ClN2O2. The van der Waals surface area contributed by atoms with Gasteiger partial charge in [0.2, 0.25) is 5.91 Å². The second-order valence-electron chi connectivity index (χ2n) is 4.54. The second-order valence-corrected chi connectivity index (χ2v) is 4.98. The van der Waals surface area contributed by atoms with E-state index in [9.17, 15) is 4.79 Å². The van der Waals surface area contributed by atoms with Crippen LogP contribution in [0.2, 0.25) is 5.02 Å². The molecule has 0 atom stereocenters. The van der Waals surface area contributed by atoms with E-state index in [1.807, 2.05) is 35.2 Å². The third-order valence-corrected chi connectivity index (χ3v) is 3.17. The Morgan fingerprint density at radius 1 is 1.14 bits per heavy atom. The standard InChI is InChI=1S/C16H17ClN2O2/c17-13-5-4-6-14(11-13)18-16(21)12-19(9-10-20)15-7-2-1-3-8-15/h1-8,11,20H,9-10,12H2,(H,18,21). The molecule has 110 valence electrons. The summed E-state index contributed by atoms with van der Waals surface area (Å²) in [6.07, 6.45) is 0. The zero-order valence-electron chi connectivity index (χ0n) is 11.5. The number of anilines is 2. The van der Waals surface area contributed by atoms with Gasteiger partial charge >= 0.3 is 0 Å². The van der Waals surface area contributed by atoms with Crippen molar-refractivity contribution in [3.05, 3.63) is 59.6 Å². The molecule has 0 aliphatic carbocycles. The first-order valence-corrected chi connectivity index (χ1v) is 7.03. The molecule has 0 spiro atoms. The molecule has 4 nitrogen and oxygen atoms in total. The van der Waals surface area contributed by atoms with E-state index in [0.29, 0.717) is 17.3 Å². The lowest BCUT2D eigenvalue weighted by Crippen LogP contribution is -2.35. The lowest BCUT2D eigenvalue weighted by molar-refractivity contribution is -0.115. The number of nitrogens with zero attached hydrogens (tertiary/aromatic N) is 1. The number of hydrogen-bond acceptors (Lipinski definition) is 3. The zero-order chi connectivity index (χ0) is 15.1. The number of aliphatic hydroxyl groups excluding tert-OH is 1. The van der Waals surface area contributed by atoms with Gasteiger partial charge in [0.25, 0.3) is 0 Å². The van der Waals surface area contributed by atoms with Crippen LogP contribution < -0.4 is 10.2 Å². The van der Waals surface area contributed by atoms with E-state index in [4.69, 9.17) is 16.7 Å². The number of amides is 1. The van der Waals surface area contributed by atoms with Crippen molar-refractivity contribution in [2.24, 2.45) is 0 Å². The summed E-state index contributed by atoms with van der Waals surface area (Å²) >= 11 is 5.88. The minimum absolute atomic E-state index is 0.0145. The maximum Gasteiger partial charge on any atom is 0.243 e. The van der Waals surface area contributed by atoms with Crippen LogP contribution in [-0.2, 0) is 4.79 Å². The predicted octanol–water partition coefficient (Wildman–Crippen LogP) is 2.78. The maximum absolute atomic E-state index is 12.1. The molecule has 0 saturated heterocycles. The molecule has 21 heavy (non-hydrogen) atoms. The quantitative estimate of drug-likeness (QED) is 0.863. The highest BCUT2D eigenvalue weighted by molar-refractivity contribution is 6.30. The van der Waals surface area contributed by atoms with Gasteiger partial charge in [-0.1, -0.05) is 35.9 Å². The number of hydrogen-bond donors (Lipinski definition) is 2. The number of carbonyl (C=O) groups is 1. The van der Waals surface area contributed by atoms with Gasteiger partial charge in [-0.15, -0.1) is 0 Å². The van der Waals surface area contributed by atoms with E-state index in [1.54, 1.807) is 24.3 Å². The average molecular weight is 305 g/mol.